The molecular formula is C25H26Cl2N2O3S. The van der Waals surface area contributed by atoms with Gasteiger partial charge in [0.2, 0.25) is 5.91 Å². The van der Waals surface area contributed by atoms with E-state index < -0.39 is 22.5 Å². The zero-order valence-corrected chi connectivity index (χ0v) is 21.2. The Hall–Kier alpha value is -2.54. The van der Waals surface area contributed by atoms with Crippen LogP contribution in [0.5, 0.6) is 0 Å². The fourth-order valence-corrected chi connectivity index (χ4v) is 5.48. The molecule has 1 amide bonds. The molecule has 0 fully saturated rings. The smallest absolute Gasteiger partial charge is 0.264 e. The molecule has 0 aliphatic rings. The highest BCUT2D eigenvalue weighted by atomic mass is 35.5. The molecule has 0 bridgehead atoms. The van der Waals surface area contributed by atoms with Gasteiger partial charge < -0.3 is 5.32 Å². The Morgan fingerprint density at radius 2 is 1.48 bits per heavy atom. The van der Waals surface area contributed by atoms with Gasteiger partial charge in [0.15, 0.2) is 0 Å². The summed E-state index contributed by atoms with van der Waals surface area (Å²) in [5.74, 6) is -0.449. The first kappa shape index (κ1) is 25.1. The summed E-state index contributed by atoms with van der Waals surface area (Å²) in [7, 11) is -4.06. The summed E-state index contributed by atoms with van der Waals surface area (Å²) in [5, 5.41) is 3.45. The normalized spacial score (nSPS) is 12.3. The van der Waals surface area contributed by atoms with E-state index >= 15 is 0 Å². The highest BCUT2D eigenvalue weighted by Crippen LogP contribution is 2.30. The predicted molar refractivity (Wildman–Crippen MR) is 135 cm³/mol. The van der Waals surface area contributed by atoms with Crippen molar-refractivity contribution >= 4 is 44.8 Å². The molecule has 1 unspecified atom stereocenters. The van der Waals surface area contributed by atoms with Crippen LogP contribution in [-0.2, 0) is 14.8 Å². The molecular weight excluding hydrogens is 479 g/mol. The van der Waals surface area contributed by atoms with Gasteiger partial charge >= 0.3 is 0 Å². The summed E-state index contributed by atoms with van der Waals surface area (Å²) >= 11 is 12.3. The Labute approximate surface area is 205 Å². The van der Waals surface area contributed by atoms with Gasteiger partial charge in [0, 0.05) is 10.0 Å². The van der Waals surface area contributed by atoms with Gasteiger partial charge in [0.05, 0.1) is 16.6 Å². The molecule has 8 heteroatoms. The van der Waals surface area contributed by atoms with E-state index in [9.17, 15) is 13.2 Å². The number of anilines is 1. The number of hydrogen-bond donors (Lipinski definition) is 1. The van der Waals surface area contributed by atoms with E-state index in [4.69, 9.17) is 23.2 Å². The Morgan fingerprint density at radius 3 is 2.09 bits per heavy atom. The molecule has 0 saturated carbocycles. The van der Waals surface area contributed by atoms with Crippen LogP contribution in [0.4, 0.5) is 5.69 Å². The second-order valence-corrected chi connectivity index (χ2v) is 10.8. The predicted octanol–water partition coefficient (Wildman–Crippen LogP) is 5.99. The van der Waals surface area contributed by atoms with Crippen molar-refractivity contribution in [1.29, 1.82) is 0 Å². The number of benzene rings is 3. The van der Waals surface area contributed by atoms with E-state index in [1.807, 2.05) is 45.9 Å². The van der Waals surface area contributed by atoms with Crippen molar-refractivity contribution in [2.45, 2.75) is 38.6 Å². The van der Waals surface area contributed by atoms with Crippen molar-refractivity contribution in [2.24, 2.45) is 0 Å². The van der Waals surface area contributed by atoms with E-state index in [1.165, 1.54) is 30.3 Å². The number of carbonyl (C=O) groups is 1. The molecule has 5 nitrogen and oxygen atoms in total. The van der Waals surface area contributed by atoms with Gasteiger partial charge in [-0.3, -0.25) is 9.10 Å². The lowest BCUT2D eigenvalue weighted by Gasteiger charge is -2.26. The van der Waals surface area contributed by atoms with Crippen LogP contribution in [0.2, 0.25) is 10.0 Å². The largest absolute Gasteiger partial charge is 0.348 e. The monoisotopic (exact) mass is 504 g/mol. The van der Waals surface area contributed by atoms with Crippen LogP contribution in [0.1, 0.15) is 35.2 Å². The molecule has 3 aromatic rings. The average molecular weight is 505 g/mol. The zero-order chi connectivity index (χ0) is 24.3. The molecule has 174 valence electrons. The third kappa shape index (κ3) is 6.08. The summed E-state index contributed by atoms with van der Waals surface area (Å²) in [6.07, 6.45) is 0. The molecule has 3 rings (SSSR count). The Morgan fingerprint density at radius 1 is 0.909 bits per heavy atom. The first-order chi connectivity index (χ1) is 15.5. The lowest BCUT2D eigenvalue weighted by atomic mass is 10.00. The number of hydrogen-bond acceptors (Lipinski definition) is 3. The van der Waals surface area contributed by atoms with E-state index in [1.54, 1.807) is 12.1 Å². The van der Waals surface area contributed by atoms with Gasteiger partial charge in [-0.15, -0.1) is 0 Å². The van der Waals surface area contributed by atoms with Crippen LogP contribution < -0.4 is 9.62 Å². The fourth-order valence-electron chi connectivity index (χ4n) is 3.56. The summed E-state index contributed by atoms with van der Waals surface area (Å²) in [6, 6.07) is 16.6. The molecule has 33 heavy (non-hydrogen) atoms. The molecule has 0 saturated heterocycles. The Bertz CT molecular complexity index is 1260. The number of nitrogens with zero attached hydrogens (tertiary/aromatic N) is 1. The molecule has 1 N–H and O–H groups in total. The van der Waals surface area contributed by atoms with Crippen molar-refractivity contribution < 1.29 is 13.2 Å². The van der Waals surface area contributed by atoms with E-state index in [0.29, 0.717) is 0 Å². The number of sulfonamides is 1. The fraction of sp³-hybridized carbons (Fsp3) is 0.240. The minimum absolute atomic E-state index is 0.0691. The third-order valence-corrected chi connectivity index (χ3v) is 7.53. The van der Waals surface area contributed by atoms with Crippen LogP contribution >= 0.6 is 23.2 Å². The SMILES string of the molecule is Cc1ccc(S(=O)(=O)N(CC(=O)NC(C)c2cc(C)ccc2C)c2cc(Cl)cc(Cl)c2)cc1. The molecule has 0 aliphatic heterocycles. The first-order valence-corrected chi connectivity index (χ1v) is 12.6. The highest BCUT2D eigenvalue weighted by Gasteiger charge is 2.28. The van der Waals surface area contributed by atoms with Crippen molar-refractivity contribution in [1.82, 2.24) is 5.32 Å². The third-order valence-electron chi connectivity index (χ3n) is 5.31. The van der Waals surface area contributed by atoms with E-state index in [0.717, 1.165) is 26.6 Å². The van der Waals surface area contributed by atoms with Crippen molar-refractivity contribution in [3.8, 4) is 0 Å². The summed E-state index contributed by atoms with van der Waals surface area (Å²) in [6.45, 7) is 7.26. The first-order valence-electron chi connectivity index (χ1n) is 10.4. The van der Waals surface area contributed by atoms with Crippen molar-refractivity contribution in [3.63, 3.8) is 0 Å². The van der Waals surface area contributed by atoms with Crippen molar-refractivity contribution in [2.75, 3.05) is 10.8 Å². The standard InChI is InChI=1S/C25H26Cl2N2O3S/c1-16-6-9-23(10-7-16)33(31,32)29(22-13-20(26)12-21(27)14-22)15-25(30)28-19(4)24-11-17(2)5-8-18(24)3/h5-14,19H,15H2,1-4H3,(H,28,30). The number of halogens is 2. The van der Waals surface area contributed by atoms with Gasteiger partial charge in [-0.25, -0.2) is 8.42 Å². The van der Waals surface area contributed by atoms with E-state index in [-0.39, 0.29) is 26.7 Å². The molecule has 0 aromatic heterocycles. The minimum atomic E-state index is -4.06. The molecule has 0 spiro atoms. The van der Waals surface area contributed by atoms with Crippen molar-refractivity contribution in [3.05, 3.63) is 93.0 Å². The Balaban J connectivity index is 1.95. The molecule has 1 atom stereocenters. The Kier molecular flexibility index (Phi) is 7.73. The number of rotatable bonds is 7. The van der Waals surface area contributed by atoms with Gasteiger partial charge in [-0.05, 0) is 69.2 Å². The average Bonchev–Trinajstić information content (AvgIpc) is 2.73. The molecule has 3 aromatic carbocycles. The highest BCUT2D eigenvalue weighted by molar-refractivity contribution is 7.92. The number of nitrogens with one attached hydrogen (secondary N) is 1. The summed E-state index contributed by atoms with van der Waals surface area (Å²) in [4.78, 5) is 13.1. The minimum Gasteiger partial charge on any atom is -0.348 e. The zero-order valence-electron chi connectivity index (χ0n) is 18.9. The maximum Gasteiger partial charge on any atom is 0.264 e. The van der Waals surface area contributed by atoms with Gasteiger partial charge in [-0.2, -0.15) is 0 Å². The van der Waals surface area contributed by atoms with Gasteiger partial charge in [0.1, 0.15) is 6.54 Å². The number of carbonyl (C=O) groups excluding carboxylic acids is 1. The molecule has 0 aliphatic carbocycles. The lowest BCUT2D eigenvalue weighted by molar-refractivity contribution is -0.120. The van der Waals surface area contributed by atoms with Gasteiger partial charge in [-0.1, -0.05) is 64.7 Å². The topological polar surface area (TPSA) is 66.5 Å². The van der Waals surface area contributed by atoms with Crippen LogP contribution in [0, 0.1) is 20.8 Å². The second kappa shape index (κ2) is 10.2. The summed E-state index contributed by atoms with van der Waals surface area (Å²) in [5.41, 5.74) is 4.23. The second-order valence-electron chi connectivity index (χ2n) is 8.10. The number of amides is 1. The molecule has 0 radical (unpaired) electrons. The van der Waals surface area contributed by atoms with Crippen LogP contribution in [0.15, 0.2) is 65.6 Å². The van der Waals surface area contributed by atoms with Gasteiger partial charge in [0.25, 0.3) is 10.0 Å². The quantitative estimate of drug-likeness (QED) is 0.429. The summed E-state index contributed by atoms with van der Waals surface area (Å²) < 4.78 is 28.1. The van der Waals surface area contributed by atoms with Crippen LogP contribution in [0.3, 0.4) is 0 Å². The lowest BCUT2D eigenvalue weighted by Crippen LogP contribution is -2.41. The molecule has 0 heterocycles. The maximum atomic E-state index is 13.5. The maximum absolute atomic E-state index is 13.5. The van der Waals surface area contributed by atoms with Crippen LogP contribution in [0.25, 0.3) is 0 Å². The van der Waals surface area contributed by atoms with Crippen LogP contribution in [-0.4, -0.2) is 20.9 Å². The number of aryl methyl sites for hydroxylation is 3. The van der Waals surface area contributed by atoms with E-state index in [2.05, 4.69) is 5.32 Å².